The van der Waals surface area contributed by atoms with Gasteiger partial charge >= 0.3 is 0 Å². The van der Waals surface area contributed by atoms with E-state index in [9.17, 15) is 0 Å². The van der Waals surface area contributed by atoms with Crippen LogP contribution in [0.25, 0.3) is 0 Å². The summed E-state index contributed by atoms with van der Waals surface area (Å²) in [6.45, 7) is 4.79. The van der Waals surface area contributed by atoms with Crippen LogP contribution in [0.5, 0.6) is 0 Å². The number of hydrogen-bond donors (Lipinski definition) is 3. The smallest absolute Gasteiger partial charge is 0.0447 e. The van der Waals surface area contributed by atoms with E-state index in [2.05, 4.69) is 18.3 Å². The van der Waals surface area contributed by atoms with Gasteiger partial charge in [0.1, 0.15) is 0 Å². The van der Waals surface area contributed by atoms with Gasteiger partial charge in [-0.25, -0.2) is 0 Å². The Kier molecular flexibility index (Phi) is 6.65. The molecule has 1 aromatic carbocycles. The van der Waals surface area contributed by atoms with E-state index in [1.807, 2.05) is 19.1 Å². The minimum atomic E-state index is 0.0830. The maximum Gasteiger partial charge on any atom is 0.0447 e. The maximum absolute atomic E-state index is 9.01. The first-order valence-electron chi connectivity index (χ1n) is 6.45. The lowest BCUT2D eigenvalue weighted by molar-refractivity contribution is 0.256. The highest BCUT2D eigenvalue weighted by Crippen LogP contribution is 2.21. The average Bonchev–Trinajstić information content (AvgIpc) is 2.38. The number of hydrogen-bond acceptors (Lipinski definition) is 3. The van der Waals surface area contributed by atoms with Crippen LogP contribution >= 0.6 is 11.6 Å². The summed E-state index contributed by atoms with van der Waals surface area (Å²) in [5.41, 5.74) is 7.99. The molecule has 18 heavy (non-hydrogen) atoms. The van der Waals surface area contributed by atoms with E-state index in [0.29, 0.717) is 6.54 Å². The molecule has 0 aliphatic carbocycles. The van der Waals surface area contributed by atoms with Crippen molar-refractivity contribution in [3.63, 3.8) is 0 Å². The minimum absolute atomic E-state index is 0.0830. The van der Waals surface area contributed by atoms with Gasteiger partial charge in [0.25, 0.3) is 0 Å². The highest BCUT2D eigenvalue weighted by molar-refractivity contribution is 6.31. The molecule has 0 fully saturated rings. The van der Waals surface area contributed by atoms with Crippen molar-refractivity contribution in [3.05, 3.63) is 34.3 Å². The number of aliphatic hydroxyl groups excluding tert-OH is 1. The summed E-state index contributed by atoms with van der Waals surface area (Å²) in [5.74, 6) is 0. The zero-order valence-corrected chi connectivity index (χ0v) is 11.9. The molecular weight excluding hydrogens is 248 g/mol. The van der Waals surface area contributed by atoms with Gasteiger partial charge in [0.05, 0.1) is 0 Å². The molecule has 4 heteroatoms. The van der Waals surface area contributed by atoms with Crippen molar-refractivity contribution in [1.29, 1.82) is 0 Å². The molecule has 0 aliphatic rings. The quantitative estimate of drug-likeness (QED) is 0.713. The fourth-order valence-corrected chi connectivity index (χ4v) is 2.16. The number of nitrogens with one attached hydrogen (secondary N) is 1. The second-order valence-electron chi connectivity index (χ2n) is 4.58. The molecule has 1 aromatic rings. The third-order valence-corrected chi connectivity index (χ3v) is 3.65. The summed E-state index contributed by atoms with van der Waals surface area (Å²) in [6, 6.07) is 6.39. The van der Waals surface area contributed by atoms with Crippen LogP contribution in [0.4, 0.5) is 0 Å². The number of aliphatic hydroxyl groups is 1. The molecule has 2 unspecified atom stereocenters. The Hall–Kier alpha value is -0.610. The second kappa shape index (κ2) is 7.74. The van der Waals surface area contributed by atoms with Gasteiger partial charge < -0.3 is 16.2 Å². The molecule has 0 radical (unpaired) electrons. The summed E-state index contributed by atoms with van der Waals surface area (Å²) in [4.78, 5) is 0. The second-order valence-corrected chi connectivity index (χ2v) is 4.99. The minimum Gasteiger partial charge on any atom is -0.396 e. The summed E-state index contributed by atoms with van der Waals surface area (Å²) in [5, 5.41) is 13.3. The highest BCUT2D eigenvalue weighted by Gasteiger charge is 2.15. The van der Waals surface area contributed by atoms with E-state index in [1.165, 1.54) is 0 Å². The number of benzene rings is 1. The van der Waals surface area contributed by atoms with Gasteiger partial charge in [-0.2, -0.15) is 0 Å². The molecule has 4 N–H and O–H groups in total. The van der Waals surface area contributed by atoms with E-state index < -0.39 is 0 Å². The summed E-state index contributed by atoms with van der Waals surface area (Å²) in [6.07, 6.45) is 1.71. The molecule has 0 aromatic heterocycles. The molecule has 1 rings (SSSR count). The van der Waals surface area contributed by atoms with Crippen LogP contribution in [0.1, 0.15) is 36.9 Å². The van der Waals surface area contributed by atoms with Crippen LogP contribution < -0.4 is 11.1 Å². The van der Waals surface area contributed by atoms with Gasteiger partial charge in [0.15, 0.2) is 0 Å². The van der Waals surface area contributed by atoms with Crippen molar-refractivity contribution in [2.45, 2.75) is 38.8 Å². The Bertz CT molecular complexity index is 371. The Labute approximate surface area is 114 Å². The van der Waals surface area contributed by atoms with Crippen LogP contribution in [0.15, 0.2) is 18.2 Å². The Morgan fingerprint density at radius 3 is 2.67 bits per heavy atom. The molecule has 102 valence electrons. The van der Waals surface area contributed by atoms with Crippen molar-refractivity contribution in [2.24, 2.45) is 5.73 Å². The van der Waals surface area contributed by atoms with Crippen LogP contribution in [-0.2, 0) is 0 Å². The van der Waals surface area contributed by atoms with E-state index in [-0.39, 0.29) is 18.7 Å². The first-order chi connectivity index (χ1) is 8.62. The lowest BCUT2D eigenvalue weighted by Crippen LogP contribution is -2.37. The van der Waals surface area contributed by atoms with E-state index in [4.69, 9.17) is 22.4 Å². The molecule has 0 saturated carbocycles. The molecule has 0 amide bonds. The van der Waals surface area contributed by atoms with Crippen molar-refractivity contribution in [1.82, 2.24) is 5.32 Å². The van der Waals surface area contributed by atoms with Crippen LogP contribution in [0.2, 0.25) is 5.02 Å². The summed E-state index contributed by atoms with van der Waals surface area (Å²) >= 11 is 6.14. The first kappa shape index (κ1) is 15.4. The number of halogens is 1. The van der Waals surface area contributed by atoms with Gasteiger partial charge in [-0.3, -0.25) is 0 Å². The highest BCUT2D eigenvalue weighted by atomic mass is 35.5. The topological polar surface area (TPSA) is 58.3 Å². The predicted octanol–water partition coefficient (Wildman–Crippen LogP) is 2.40. The van der Waals surface area contributed by atoms with Crippen molar-refractivity contribution in [3.8, 4) is 0 Å². The SMILES string of the molecule is CCC(CCO)NC(CN)c1ccc(C)c(Cl)c1. The van der Waals surface area contributed by atoms with Gasteiger partial charge in [-0.15, -0.1) is 0 Å². The molecule has 3 nitrogen and oxygen atoms in total. The van der Waals surface area contributed by atoms with E-state index >= 15 is 0 Å². The molecule has 0 spiro atoms. The fourth-order valence-electron chi connectivity index (χ4n) is 1.97. The van der Waals surface area contributed by atoms with Crippen molar-refractivity contribution < 1.29 is 5.11 Å². The number of aryl methyl sites for hydroxylation is 1. The average molecular weight is 271 g/mol. The summed E-state index contributed by atoms with van der Waals surface area (Å²) in [7, 11) is 0. The molecular formula is C14H23ClN2O. The molecule has 2 atom stereocenters. The first-order valence-corrected chi connectivity index (χ1v) is 6.83. The monoisotopic (exact) mass is 270 g/mol. The van der Waals surface area contributed by atoms with Crippen LogP contribution in [0.3, 0.4) is 0 Å². The molecule has 0 saturated heterocycles. The summed E-state index contributed by atoms with van der Waals surface area (Å²) < 4.78 is 0. The largest absolute Gasteiger partial charge is 0.396 e. The maximum atomic E-state index is 9.01. The third-order valence-electron chi connectivity index (χ3n) is 3.24. The standard InChI is InChI=1S/C14H23ClN2O/c1-3-12(6-7-18)17-14(9-16)11-5-4-10(2)13(15)8-11/h4-5,8,12,14,17-18H,3,6-7,9,16H2,1-2H3. The van der Waals surface area contributed by atoms with Gasteiger partial charge in [-0.05, 0) is 37.0 Å². The molecule has 0 aliphatic heterocycles. The van der Waals surface area contributed by atoms with Crippen LogP contribution in [0, 0.1) is 6.92 Å². The lowest BCUT2D eigenvalue weighted by Gasteiger charge is -2.24. The van der Waals surface area contributed by atoms with Crippen molar-refractivity contribution >= 4 is 11.6 Å². The fraction of sp³-hybridized carbons (Fsp3) is 0.571. The Morgan fingerprint density at radius 1 is 1.44 bits per heavy atom. The number of rotatable bonds is 7. The normalized spacial score (nSPS) is 14.5. The molecule has 0 bridgehead atoms. The Balaban J connectivity index is 2.78. The Morgan fingerprint density at radius 2 is 2.17 bits per heavy atom. The predicted molar refractivity (Wildman–Crippen MR) is 76.9 cm³/mol. The van der Waals surface area contributed by atoms with Crippen LogP contribution in [-0.4, -0.2) is 24.3 Å². The van der Waals surface area contributed by atoms with E-state index in [1.54, 1.807) is 0 Å². The number of nitrogens with two attached hydrogens (primary N) is 1. The zero-order valence-electron chi connectivity index (χ0n) is 11.1. The third kappa shape index (κ3) is 4.25. The van der Waals surface area contributed by atoms with Gasteiger partial charge in [0, 0.05) is 30.3 Å². The molecule has 0 heterocycles. The van der Waals surface area contributed by atoms with E-state index in [0.717, 1.165) is 29.0 Å². The van der Waals surface area contributed by atoms with Gasteiger partial charge in [-0.1, -0.05) is 30.7 Å². The zero-order chi connectivity index (χ0) is 13.5. The van der Waals surface area contributed by atoms with Gasteiger partial charge in [0.2, 0.25) is 0 Å². The van der Waals surface area contributed by atoms with Crippen molar-refractivity contribution in [2.75, 3.05) is 13.2 Å². The lowest BCUT2D eigenvalue weighted by atomic mass is 10.0.